The van der Waals surface area contributed by atoms with Gasteiger partial charge in [0, 0.05) is 6.04 Å². The molecule has 5 heteroatoms. The molecule has 2 aromatic rings. The number of aromatic nitrogens is 2. The van der Waals surface area contributed by atoms with Gasteiger partial charge in [0.1, 0.15) is 17.5 Å². The lowest BCUT2D eigenvalue weighted by Gasteiger charge is -2.26. The van der Waals surface area contributed by atoms with Crippen LogP contribution in [0.3, 0.4) is 0 Å². The summed E-state index contributed by atoms with van der Waals surface area (Å²) in [5, 5.41) is 17.1. The lowest BCUT2D eigenvalue weighted by Crippen LogP contribution is -2.27. The van der Waals surface area contributed by atoms with E-state index in [0.717, 1.165) is 24.1 Å². The number of hydrogen-bond acceptors (Lipinski definition) is 4. The minimum atomic E-state index is 0.389. The molecule has 20 heavy (non-hydrogen) atoms. The average Bonchev–Trinajstić information content (AvgIpc) is 2.70. The van der Waals surface area contributed by atoms with Gasteiger partial charge in [-0.05, 0) is 43.9 Å². The van der Waals surface area contributed by atoms with Gasteiger partial charge in [0.15, 0.2) is 5.82 Å². The zero-order chi connectivity index (χ0) is 14.1. The van der Waals surface area contributed by atoms with Gasteiger partial charge in [0.05, 0.1) is 5.69 Å². The van der Waals surface area contributed by atoms with Crippen LogP contribution in [0, 0.1) is 18.3 Å². The monoisotopic (exact) mass is 267 g/mol. The molecule has 0 spiro atoms. The fraction of sp³-hybridized carbons (Fsp3) is 0.333. The van der Waals surface area contributed by atoms with Crippen molar-refractivity contribution in [3.8, 4) is 11.8 Å². The van der Waals surface area contributed by atoms with Crippen molar-refractivity contribution in [2.24, 2.45) is 0 Å². The molecule has 0 radical (unpaired) electrons. The van der Waals surface area contributed by atoms with Gasteiger partial charge in [-0.3, -0.25) is 0 Å². The number of aryl methyl sites for hydroxylation is 1. The Labute approximate surface area is 118 Å². The molecular weight excluding hydrogens is 250 g/mol. The zero-order valence-electron chi connectivity index (χ0n) is 11.4. The third-order valence-electron chi connectivity index (χ3n) is 3.73. The molecule has 0 unspecified atom stereocenters. The van der Waals surface area contributed by atoms with Gasteiger partial charge in [-0.25, -0.2) is 4.68 Å². The number of nitriles is 1. The molecule has 1 aliphatic carbocycles. The van der Waals surface area contributed by atoms with Crippen LogP contribution in [-0.4, -0.2) is 15.8 Å². The van der Waals surface area contributed by atoms with E-state index in [0.29, 0.717) is 23.2 Å². The topological polar surface area (TPSA) is 79.7 Å². The largest absolute Gasteiger partial charge is 0.382 e. The lowest BCUT2D eigenvalue weighted by molar-refractivity contribution is 0.444. The molecule has 1 fully saturated rings. The predicted molar refractivity (Wildman–Crippen MR) is 78.7 cm³/mol. The average molecular weight is 267 g/mol. The van der Waals surface area contributed by atoms with Gasteiger partial charge >= 0.3 is 0 Å². The molecule has 1 aliphatic rings. The van der Waals surface area contributed by atoms with Crippen LogP contribution in [-0.2, 0) is 0 Å². The number of hydrogen-bond donors (Lipinski definition) is 2. The molecule has 0 aliphatic heterocycles. The third kappa shape index (κ3) is 2.10. The molecule has 0 bridgehead atoms. The molecule has 1 aromatic carbocycles. The SMILES string of the molecule is Cc1cccc(-n2nc(NC3CCC3)c(C#N)c2N)c1. The Morgan fingerprint density at radius 2 is 2.25 bits per heavy atom. The number of rotatable bonds is 3. The van der Waals surface area contributed by atoms with Crippen LogP contribution in [0.2, 0.25) is 0 Å². The lowest BCUT2D eigenvalue weighted by atomic mass is 9.93. The highest BCUT2D eigenvalue weighted by Gasteiger charge is 2.22. The maximum atomic E-state index is 9.29. The Morgan fingerprint density at radius 3 is 2.85 bits per heavy atom. The number of nitrogens with one attached hydrogen (secondary N) is 1. The van der Waals surface area contributed by atoms with Crippen LogP contribution in [0.25, 0.3) is 5.69 Å². The first kappa shape index (κ1) is 12.5. The Bertz CT molecular complexity index is 676. The molecular formula is C15H17N5. The van der Waals surface area contributed by atoms with Gasteiger partial charge in [-0.1, -0.05) is 12.1 Å². The second-order valence-corrected chi connectivity index (χ2v) is 5.24. The molecule has 102 valence electrons. The Balaban J connectivity index is 2.01. The molecule has 1 heterocycles. The number of nitrogens with two attached hydrogens (primary N) is 1. The fourth-order valence-electron chi connectivity index (χ4n) is 2.34. The maximum Gasteiger partial charge on any atom is 0.168 e. The van der Waals surface area contributed by atoms with Crippen molar-refractivity contribution < 1.29 is 0 Å². The van der Waals surface area contributed by atoms with Crippen molar-refractivity contribution in [1.82, 2.24) is 9.78 Å². The van der Waals surface area contributed by atoms with Crippen LogP contribution in [0.15, 0.2) is 24.3 Å². The first-order valence-corrected chi connectivity index (χ1v) is 6.81. The summed E-state index contributed by atoms with van der Waals surface area (Å²) in [6.45, 7) is 2.02. The van der Waals surface area contributed by atoms with Crippen LogP contribution < -0.4 is 11.1 Å². The van der Waals surface area contributed by atoms with Crippen molar-refractivity contribution in [3.63, 3.8) is 0 Å². The highest BCUT2D eigenvalue weighted by Crippen LogP contribution is 2.28. The summed E-state index contributed by atoms with van der Waals surface area (Å²) in [6, 6.07) is 10.5. The van der Waals surface area contributed by atoms with E-state index >= 15 is 0 Å². The maximum absolute atomic E-state index is 9.29. The smallest absolute Gasteiger partial charge is 0.168 e. The summed E-state index contributed by atoms with van der Waals surface area (Å²) < 4.78 is 1.63. The van der Waals surface area contributed by atoms with E-state index in [2.05, 4.69) is 16.5 Å². The summed E-state index contributed by atoms with van der Waals surface area (Å²) in [4.78, 5) is 0. The fourth-order valence-corrected chi connectivity index (χ4v) is 2.34. The van der Waals surface area contributed by atoms with Crippen LogP contribution in [0.5, 0.6) is 0 Å². The molecule has 0 saturated heterocycles. The number of benzene rings is 1. The normalized spacial score (nSPS) is 14.6. The van der Waals surface area contributed by atoms with E-state index in [-0.39, 0.29) is 0 Å². The molecule has 3 N–H and O–H groups in total. The van der Waals surface area contributed by atoms with E-state index in [1.807, 2.05) is 31.2 Å². The first-order chi connectivity index (χ1) is 9.69. The van der Waals surface area contributed by atoms with Crippen molar-refractivity contribution in [1.29, 1.82) is 5.26 Å². The Hall–Kier alpha value is -2.48. The standard InChI is InChI=1S/C15H17N5/c1-10-4-2-7-12(8-10)20-14(17)13(9-16)15(19-20)18-11-5-3-6-11/h2,4,7-8,11H,3,5-6,17H2,1H3,(H,18,19). The highest BCUT2D eigenvalue weighted by atomic mass is 15.4. The summed E-state index contributed by atoms with van der Waals surface area (Å²) >= 11 is 0. The minimum absolute atomic E-state index is 0.389. The molecule has 3 rings (SSSR count). The van der Waals surface area contributed by atoms with Crippen LogP contribution in [0.4, 0.5) is 11.6 Å². The van der Waals surface area contributed by atoms with Crippen molar-refractivity contribution in [2.45, 2.75) is 32.2 Å². The predicted octanol–water partition coefficient (Wildman–Crippen LogP) is 2.60. The first-order valence-electron chi connectivity index (χ1n) is 6.81. The van der Waals surface area contributed by atoms with Crippen molar-refractivity contribution in [3.05, 3.63) is 35.4 Å². The third-order valence-corrected chi connectivity index (χ3v) is 3.73. The second-order valence-electron chi connectivity index (χ2n) is 5.24. The summed E-state index contributed by atoms with van der Waals surface area (Å²) in [7, 11) is 0. The molecule has 0 atom stereocenters. The van der Waals surface area contributed by atoms with Gasteiger partial charge in [0.2, 0.25) is 0 Å². The molecule has 1 aromatic heterocycles. The Morgan fingerprint density at radius 1 is 1.45 bits per heavy atom. The van der Waals surface area contributed by atoms with E-state index in [1.54, 1.807) is 4.68 Å². The number of nitrogen functional groups attached to an aromatic ring is 1. The second kappa shape index (κ2) is 4.89. The van der Waals surface area contributed by atoms with Crippen LogP contribution in [0.1, 0.15) is 30.4 Å². The summed E-state index contributed by atoms with van der Waals surface area (Å²) in [5.74, 6) is 0.983. The van der Waals surface area contributed by atoms with Gasteiger partial charge in [-0.2, -0.15) is 5.26 Å². The van der Waals surface area contributed by atoms with Gasteiger partial charge in [-0.15, -0.1) is 5.10 Å². The van der Waals surface area contributed by atoms with E-state index in [4.69, 9.17) is 5.73 Å². The van der Waals surface area contributed by atoms with Crippen molar-refractivity contribution >= 4 is 11.6 Å². The summed E-state index contributed by atoms with van der Waals surface area (Å²) in [5.41, 5.74) is 8.50. The van der Waals surface area contributed by atoms with Crippen LogP contribution >= 0.6 is 0 Å². The van der Waals surface area contributed by atoms with E-state index < -0.39 is 0 Å². The van der Waals surface area contributed by atoms with E-state index in [1.165, 1.54) is 6.42 Å². The number of nitrogens with zero attached hydrogens (tertiary/aromatic N) is 3. The van der Waals surface area contributed by atoms with Gasteiger partial charge < -0.3 is 11.1 Å². The summed E-state index contributed by atoms with van der Waals surface area (Å²) in [6.07, 6.45) is 3.48. The minimum Gasteiger partial charge on any atom is -0.382 e. The quantitative estimate of drug-likeness (QED) is 0.895. The van der Waals surface area contributed by atoms with E-state index in [9.17, 15) is 5.26 Å². The molecule has 5 nitrogen and oxygen atoms in total. The number of anilines is 2. The molecule has 0 amide bonds. The van der Waals surface area contributed by atoms with Crippen molar-refractivity contribution in [2.75, 3.05) is 11.1 Å². The Kier molecular flexibility index (Phi) is 3.07. The zero-order valence-corrected chi connectivity index (χ0v) is 11.4. The van der Waals surface area contributed by atoms with Gasteiger partial charge in [0.25, 0.3) is 0 Å². The highest BCUT2D eigenvalue weighted by molar-refractivity contribution is 5.66. The molecule has 1 saturated carbocycles.